The predicted molar refractivity (Wildman–Crippen MR) is 115 cm³/mol. The first-order chi connectivity index (χ1) is 14.3. The van der Waals surface area contributed by atoms with Crippen LogP contribution in [0.15, 0.2) is 46.0 Å². The van der Waals surface area contributed by atoms with Crippen molar-refractivity contribution in [3.8, 4) is 5.75 Å². The number of amides is 2. The lowest BCUT2D eigenvalue weighted by Crippen LogP contribution is -2.41. The van der Waals surface area contributed by atoms with Gasteiger partial charge in [0, 0.05) is 38.8 Å². The van der Waals surface area contributed by atoms with E-state index in [1.165, 1.54) is 20.5 Å². The predicted octanol–water partition coefficient (Wildman–Crippen LogP) is 2.25. The molecule has 0 bridgehead atoms. The van der Waals surface area contributed by atoms with Crippen molar-refractivity contribution in [2.45, 2.75) is 17.1 Å². The van der Waals surface area contributed by atoms with Gasteiger partial charge in [0.2, 0.25) is 5.91 Å². The summed E-state index contributed by atoms with van der Waals surface area (Å²) in [7, 11) is -0.151. The summed E-state index contributed by atoms with van der Waals surface area (Å²) >= 11 is 1.20. The molecular weight excluding hydrogens is 426 g/mol. The van der Waals surface area contributed by atoms with Gasteiger partial charge in [-0.1, -0.05) is 6.07 Å². The molecule has 0 unspecified atom stereocenters. The molecule has 1 aromatic heterocycles. The fourth-order valence-corrected chi connectivity index (χ4v) is 5.66. The second-order valence-electron chi connectivity index (χ2n) is 7.20. The third kappa shape index (κ3) is 5.38. The molecule has 0 atom stereocenters. The van der Waals surface area contributed by atoms with Crippen molar-refractivity contribution in [1.29, 1.82) is 0 Å². The molecule has 1 aliphatic heterocycles. The molecule has 1 fully saturated rings. The number of sulfonamides is 1. The number of hydrogen-bond donors (Lipinski definition) is 1. The molecule has 0 aliphatic carbocycles. The molecule has 30 heavy (non-hydrogen) atoms. The summed E-state index contributed by atoms with van der Waals surface area (Å²) in [6.45, 7) is 0.599. The Bertz CT molecular complexity index is 964. The monoisotopic (exact) mass is 451 g/mol. The quantitative estimate of drug-likeness (QED) is 0.697. The average molecular weight is 452 g/mol. The lowest BCUT2D eigenvalue weighted by atomic mass is 9.97. The zero-order valence-corrected chi connectivity index (χ0v) is 18.5. The number of carbonyl (C=O) groups excluding carboxylic acids is 2. The number of carbonyl (C=O) groups is 2. The summed E-state index contributed by atoms with van der Waals surface area (Å²) < 4.78 is 32.4. The molecule has 1 N–H and O–H groups in total. The minimum Gasteiger partial charge on any atom is -0.484 e. The van der Waals surface area contributed by atoms with Crippen LogP contribution in [0.4, 0.5) is 5.69 Å². The van der Waals surface area contributed by atoms with Crippen molar-refractivity contribution in [1.82, 2.24) is 9.21 Å². The van der Waals surface area contributed by atoms with Crippen LogP contribution in [0.1, 0.15) is 12.8 Å². The number of benzene rings is 1. The van der Waals surface area contributed by atoms with E-state index in [9.17, 15) is 18.0 Å². The maximum absolute atomic E-state index is 12.6. The highest BCUT2D eigenvalue weighted by Gasteiger charge is 2.32. The smallest absolute Gasteiger partial charge is 0.259 e. The topological polar surface area (TPSA) is 96.0 Å². The molecule has 0 spiro atoms. The van der Waals surface area contributed by atoms with Crippen molar-refractivity contribution in [3.63, 3.8) is 0 Å². The van der Waals surface area contributed by atoms with E-state index in [-0.39, 0.29) is 24.3 Å². The number of rotatable bonds is 7. The summed E-state index contributed by atoms with van der Waals surface area (Å²) in [6.07, 6.45) is 0.953. The number of thiophene rings is 1. The molecule has 1 aliphatic rings. The number of nitrogens with one attached hydrogen (secondary N) is 1. The van der Waals surface area contributed by atoms with Crippen molar-refractivity contribution in [2.24, 2.45) is 5.92 Å². The number of piperidine rings is 1. The van der Waals surface area contributed by atoms with E-state index in [4.69, 9.17) is 4.74 Å². The second-order valence-corrected chi connectivity index (χ2v) is 10.3. The van der Waals surface area contributed by atoms with Crippen LogP contribution in [0.2, 0.25) is 0 Å². The van der Waals surface area contributed by atoms with E-state index in [1.54, 1.807) is 55.9 Å². The highest BCUT2D eigenvalue weighted by molar-refractivity contribution is 7.91. The first-order valence-corrected chi connectivity index (χ1v) is 11.9. The van der Waals surface area contributed by atoms with E-state index >= 15 is 0 Å². The Morgan fingerprint density at radius 2 is 1.83 bits per heavy atom. The Hall–Kier alpha value is -2.43. The van der Waals surface area contributed by atoms with Gasteiger partial charge in [0.25, 0.3) is 15.9 Å². The fourth-order valence-electron chi connectivity index (χ4n) is 3.05. The molecule has 162 valence electrons. The number of hydrogen-bond acceptors (Lipinski definition) is 6. The van der Waals surface area contributed by atoms with E-state index in [0.29, 0.717) is 41.6 Å². The third-order valence-corrected chi connectivity index (χ3v) is 8.17. The second kappa shape index (κ2) is 9.59. The van der Waals surface area contributed by atoms with Crippen molar-refractivity contribution < 1.29 is 22.7 Å². The largest absolute Gasteiger partial charge is 0.484 e. The van der Waals surface area contributed by atoms with Crippen molar-refractivity contribution >= 4 is 38.9 Å². The molecule has 0 saturated carbocycles. The van der Waals surface area contributed by atoms with Gasteiger partial charge in [-0.3, -0.25) is 9.59 Å². The number of ether oxygens (including phenoxy) is 1. The van der Waals surface area contributed by atoms with Gasteiger partial charge in [0.15, 0.2) is 6.61 Å². The standard InChI is InChI=1S/C20H25N3O5S2/c1-22(2)18(24)14-28-17-7-5-16(6-8-17)21-20(25)15-9-11-23(12-10-15)30(26,27)19-4-3-13-29-19/h3-8,13,15H,9-12,14H2,1-2H3,(H,21,25). The minimum absolute atomic E-state index is 0.0499. The van der Waals surface area contributed by atoms with Crippen LogP contribution in [0.25, 0.3) is 0 Å². The van der Waals surface area contributed by atoms with Gasteiger partial charge in [0.05, 0.1) is 0 Å². The van der Waals surface area contributed by atoms with Crippen molar-refractivity contribution in [3.05, 3.63) is 41.8 Å². The van der Waals surface area contributed by atoms with Crippen LogP contribution in [-0.4, -0.2) is 63.2 Å². The molecule has 2 heterocycles. The summed E-state index contributed by atoms with van der Waals surface area (Å²) in [5.74, 6) is 0.0307. The third-order valence-electron chi connectivity index (χ3n) is 4.90. The van der Waals surface area contributed by atoms with Gasteiger partial charge in [-0.15, -0.1) is 11.3 Å². The molecule has 10 heteroatoms. The van der Waals surface area contributed by atoms with Gasteiger partial charge in [0.1, 0.15) is 9.96 Å². The van der Waals surface area contributed by atoms with Crippen LogP contribution in [-0.2, 0) is 19.6 Å². The Morgan fingerprint density at radius 1 is 1.17 bits per heavy atom. The number of anilines is 1. The SMILES string of the molecule is CN(C)C(=O)COc1ccc(NC(=O)C2CCN(S(=O)(=O)c3cccs3)CC2)cc1. The molecule has 0 radical (unpaired) electrons. The maximum Gasteiger partial charge on any atom is 0.259 e. The molecule has 1 saturated heterocycles. The molecule has 2 amide bonds. The average Bonchev–Trinajstić information content (AvgIpc) is 3.29. The normalized spacial score (nSPS) is 15.5. The Morgan fingerprint density at radius 3 is 2.40 bits per heavy atom. The molecule has 8 nitrogen and oxygen atoms in total. The summed E-state index contributed by atoms with van der Waals surface area (Å²) in [6, 6.07) is 10.1. The van der Waals surface area contributed by atoms with E-state index in [2.05, 4.69) is 5.32 Å². The molecular formula is C20H25N3O5S2. The molecule has 1 aromatic carbocycles. The first-order valence-electron chi connectivity index (χ1n) is 9.55. The van der Waals surface area contributed by atoms with Gasteiger partial charge >= 0.3 is 0 Å². The lowest BCUT2D eigenvalue weighted by Gasteiger charge is -2.30. The zero-order chi connectivity index (χ0) is 21.7. The zero-order valence-electron chi connectivity index (χ0n) is 16.9. The van der Waals surface area contributed by atoms with Gasteiger partial charge in [-0.2, -0.15) is 4.31 Å². The Labute approximate surface area is 180 Å². The van der Waals surface area contributed by atoms with Crippen LogP contribution in [0, 0.1) is 5.92 Å². The van der Waals surface area contributed by atoms with Crippen molar-refractivity contribution in [2.75, 3.05) is 39.1 Å². The first kappa shape index (κ1) is 22.3. The molecule has 3 rings (SSSR count). The summed E-state index contributed by atoms with van der Waals surface area (Å²) in [4.78, 5) is 25.6. The highest BCUT2D eigenvalue weighted by atomic mass is 32.2. The van der Waals surface area contributed by atoms with Crippen LogP contribution in [0.3, 0.4) is 0 Å². The van der Waals surface area contributed by atoms with Gasteiger partial charge < -0.3 is 15.0 Å². The fraction of sp³-hybridized carbons (Fsp3) is 0.400. The lowest BCUT2D eigenvalue weighted by molar-refractivity contribution is -0.130. The van der Waals surface area contributed by atoms with Crippen LogP contribution < -0.4 is 10.1 Å². The van der Waals surface area contributed by atoms with E-state index < -0.39 is 10.0 Å². The minimum atomic E-state index is -3.47. The van der Waals surface area contributed by atoms with Gasteiger partial charge in [-0.25, -0.2) is 8.42 Å². The Balaban J connectivity index is 1.49. The summed E-state index contributed by atoms with van der Waals surface area (Å²) in [5, 5.41) is 4.61. The highest BCUT2D eigenvalue weighted by Crippen LogP contribution is 2.27. The Kier molecular flexibility index (Phi) is 7.11. The van der Waals surface area contributed by atoms with E-state index in [0.717, 1.165) is 0 Å². The summed E-state index contributed by atoms with van der Waals surface area (Å²) in [5.41, 5.74) is 0.625. The van der Waals surface area contributed by atoms with Gasteiger partial charge in [-0.05, 0) is 48.6 Å². The molecule has 2 aromatic rings. The van der Waals surface area contributed by atoms with Crippen LogP contribution in [0.5, 0.6) is 5.75 Å². The number of likely N-dealkylation sites (N-methyl/N-ethyl adjacent to an activating group) is 1. The van der Waals surface area contributed by atoms with Crippen LogP contribution >= 0.6 is 11.3 Å². The number of nitrogens with zero attached hydrogens (tertiary/aromatic N) is 2. The van der Waals surface area contributed by atoms with E-state index in [1.807, 2.05) is 0 Å². The maximum atomic E-state index is 12.6.